The maximum atomic E-state index is 12.9. The van der Waals surface area contributed by atoms with E-state index in [2.05, 4.69) is 4.98 Å². The molecular formula is C21H23ClN2O6S. The molecule has 1 aliphatic rings. The number of ketones is 2. The van der Waals surface area contributed by atoms with Crippen LogP contribution < -0.4 is 0 Å². The van der Waals surface area contributed by atoms with Crippen molar-refractivity contribution in [1.29, 1.82) is 0 Å². The SMILES string of the molecule is CC(=O)c1c(C)[nH]c(C(=O)COC(=O)[C@@H]2CCCN2S(=O)(=O)c2ccc(Cl)cc2)c1C. The number of hydrogen-bond acceptors (Lipinski definition) is 6. The Hall–Kier alpha value is -2.49. The number of nitrogens with one attached hydrogen (secondary N) is 1. The molecule has 1 saturated heterocycles. The van der Waals surface area contributed by atoms with Crippen molar-refractivity contribution in [2.75, 3.05) is 13.2 Å². The number of halogens is 1. The van der Waals surface area contributed by atoms with Gasteiger partial charge in [-0.3, -0.25) is 14.4 Å². The van der Waals surface area contributed by atoms with Crippen molar-refractivity contribution in [3.63, 3.8) is 0 Å². The molecule has 0 radical (unpaired) electrons. The minimum atomic E-state index is -3.91. The number of Topliss-reactive ketones (excluding diaryl/α,β-unsaturated/α-hetero) is 2. The highest BCUT2D eigenvalue weighted by molar-refractivity contribution is 7.89. The third-order valence-corrected chi connectivity index (χ3v) is 7.48. The summed E-state index contributed by atoms with van der Waals surface area (Å²) < 4.78 is 32.1. The van der Waals surface area contributed by atoms with Crippen molar-refractivity contribution in [2.24, 2.45) is 0 Å². The van der Waals surface area contributed by atoms with Gasteiger partial charge in [-0.25, -0.2) is 8.42 Å². The predicted molar refractivity (Wildman–Crippen MR) is 114 cm³/mol. The molecule has 0 amide bonds. The van der Waals surface area contributed by atoms with Crippen LogP contribution in [0.2, 0.25) is 5.02 Å². The lowest BCUT2D eigenvalue weighted by Crippen LogP contribution is -2.41. The summed E-state index contributed by atoms with van der Waals surface area (Å²) >= 11 is 5.83. The summed E-state index contributed by atoms with van der Waals surface area (Å²) in [5.41, 5.74) is 1.70. The van der Waals surface area contributed by atoms with E-state index in [4.69, 9.17) is 16.3 Å². The van der Waals surface area contributed by atoms with E-state index in [1.807, 2.05) is 0 Å². The monoisotopic (exact) mass is 466 g/mol. The van der Waals surface area contributed by atoms with Gasteiger partial charge in [0.05, 0.1) is 10.6 Å². The van der Waals surface area contributed by atoms with E-state index < -0.39 is 34.4 Å². The Kier molecular flexibility index (Phi) is 6.68. The molecule has 0 saturated carbocycles. The summed E-state index contributed by atoms with van der Waals surface area (Å²) in [5, 5.41) is 0.401. The van der Waals surface area contributed by atoms with Crippen LogP contribution in [0.15, 0.2) is 29.2 Å². The number of benzene rings is 1. The lowest BCUT2D eigenvalue weighted by molar-refractivity contribution is -0.146. The van der Waals surface area contributed by atoms with Gasteiger partial charge in [0.2, 0.25) is 15.8 Å². The van der Waals surface area contributed by atoms with Crippen LogP contribution in [0.5, 0.6) is 0 Å². The standard InChI is InChI=1S/C21H23ClN2O6S/c1-12-19(14(3)25)13(2)23-20(12)18(26)11-30-21(27)17-5-4-10-24(17)31(28,29)16-8-6-15(22)7-9-16/h6-9,17,23H,4-5,10-11H2,1-3H3/t17-/m0/s1. The predicted octanol–water partition coefficient (Wildman–Crippen LogP) is 3.07. The number of aryl methyl sites for hydroxylation is 1. The molecule has 1 N–H and O–H groups in total. The summed E-state index contributed by atoms with van der Waals surface area (Å²) in [7, 11) is -3.91. The van der Waals surface area contributed by atoms with E-state index in [0.717, 1.165) is 4.31 Å². The zero-order valence-electron chi connectivity index (χ0n) is 17.4. The molecule has 3 rings (SSSR count). The summed E-state index contributed by atoms with van der Waals surface area (Å²) in [6.07, 6.45) is 0.798. The zero-order valence-corrected chi connectivity index (χ0v) is 19.0. The number of aromatic amines is 1. The molecule has 1 aliphatic heterocycles. The highest BCUT2D eigenvalue weighted by Crippen LogP contribution is 2.28. The molecule has 0 unspecified atom stereocenters. The smallest absolute Gasteiger partial charge is 0.324 e. The lowest BCUT2D eigenvalue weighted by atomic mass is 10.1. The van der Waals surface area contributed by atoms with Gasteiger partial charge in [0, 0.05) is 22.8 Å². The van der Waals surface area contributed by atoms with E-state index in [9.17, 15) is 22.8 Å². The normalized spacial score (nSPS) is 17.0. The Morgan fingerprint density at radius 2 is 1.84 bits per heavy atom. The first-order valence-corrected chi connectivity index (χ1v) is 11.5. The fraction of sp³-hybridized carbons (Fsp3) is 0.381. The highest BCUT2D eigenvalue weighted by Gasteiger charge is 2.40. The number of hydrogen-bond donors (Lipinski definition) is 1. The second-order valence-corrected chi connectivity index (χ2v) is 9.77. The molecule has 0 bridgehead atoms. The molecule has 10 heteroatoms. The number of nitrogens with zero attached hydrogens (tertiary/aromatic N) is 1. The van der Waals surface area contributed by atoms with Gasteiger partial charge >= 0.3 is 5.97 Å². The van der Waals surface area contributed by atoms with E-state index in [1.54, 1.807) is 13.8 Å². The van der Waals surface area contributed by atoms with Crippen LogP contribution in [0.4, 0.5) is 0 Å². The maximum Gasteiger partial charge on any atom is 0.324 e. The third kappa shape index (κ3) is 4.58. The first-order valence-electron chi connectivity index (χ1n) is 9.71. The Morgan fingerprint density at radius 3 is 2.42 bits per heavy atom. The van der Waals surface area contributed by atoms with Crippen LogP contribution in [-0.2, 0) is 19.6 Å². The van der Waals surface area contributed by atoms with Gasteiger partial charge in [0.1, 0.15) is 6.04 Å². The molecule has 0 spiro atoms. The molecule has 1 atom stereocenters. The Balaban J connectivity index is 1.71. The molecule has 166 valence electrons. The summed E-state index contributed by atoms with van der Waals surface area (Å²) in [6.45, 7) is 4.36. The zero-order chi connectivity index (χ0) is 22.9. The van der Waals surface area contributed by atoms with E-state index in [0.29, 0.717) is 34.7 Å². The summed E-state index contributed by atoms with van der Waals surface area (Å²) in [5.74, 6) is -1.45. The van der Waals surface area contributed by atoms with Crippen LogP contribution in [0, 0.1) is 13.8 Å². The van der Waals surface area contributed by atoms with Gasteiger partial charge in [-0.1, -0.05) is 11.6 Å². The number of ether oxygens (including phenoxy) is 1. The largest absolute Gasteiger partial charge is 0.456 e. The van der Waals surface area contributed by atoms with Gasteiger partial charge in [-0.15, -0.1) is 0 Å². The fourth-order valence-corrected chi connectivity index (χ4v) is 5.64. The minimum absolute atomic E-state index is 0.0296. The molecule has 8 nitrogen and oxygen atoms in total. The Labute approximate surface area is 185 Å². The average Bonchev–Trinajstić information content (AvgIpc) is 3.31. The number of carbonyl (C=O) groups excluding carboxylic acids is 3. The molecule has 2 aromatic rings. The Morgan fingerprint density at radius 1 is 1.19 bits per heavy atom. The van der Waals surface area contributed by atoms with Crippen LogP contribution in [0.1, 0.15) is 51.9 Å². The second-order valence-electron chi connectivity index (χ2n) is 7.44. The number of H-pyrrole nitrogens is 1. The fourth-order valence-electron chi connectivity index (χ4n) is 3.87. The van der Waals surface area contributed by atoms with Crippen LogP contribution in [-0.4, -0.2) is 54.4 Å². The molecule has 31 heavy (non-hydrogen) atoms. The van der Waals surface area contributed by atoms with Gasteiger partial charge in [0.25, 0.3) is 0 Å². The second kappa shape index (κ2) is 8.94. The summed E-state index contributed by atoms with van der Waals surface area (Å²) in [6, 6.07) is 4.68. The van der Waals surface area contributed by atoms with E-state index in [-0.39, 0.29) is 22.9 Å². The number of sulfonamides is 1. The van der Waals surface area contributed by atoms with Crippen molar-refractivity contribution < 1.29 is 27.5 Å². The molecule has 1 aromatic carbocycles. The van der Waals surface area contributed by atoms with Crippen molar-refractivity contribution in [3.05, 3.63) is 51.8 Å². The van der Waals surface area contributed by atoms with Crippen molar-refractivity contribution in [1.82, 2.24) is 9.29 Å². The van der Waals surface area contributed by atoms with Crippen molar-refractivity contribution in [3.8, 4) is 0 Å². The summed E-state index contributed by atoms with van der Waals surface area (Å²) in [4.78, 5) is 39.8. The first kappa shape index (κ1) is 23.2. The highest BCUT2D eigenvalue weighted by atomic mass is 35.5. The number of carbonyl (C=O) groups is 3. The minimum Gasteiger partial charge on any atom is -0.456 e. The molecule has 1 aromatic heterocycles. The topological polar surface area (TPSA) is 114 Å². The average molecular weight is 467 g/mol. The van der Waals surface area contributed by atoms with Gasteiger partial charge in [0.15, 0.2) is 12.4 Å². The van der Waals surface area contributed by atoms with Crippen LogP contribution in [0.25, 0.3) is 0 Å². The quantitative estimate of drug-likeness (QED) is 0.495. The first-order chi connectivity index (χ1) is 14.5. The van der Waals surface area contributed by atoms with Crippen molar-refractivity contribution in [2.45, 2.75) is 44.6 Å². The van der Waals surface area contributed by atoms with Gasteiger partial charge < -0.3 is 9.72 Å². The van der Waals surface area contributed by atoms with Gasteiger partial charge in [-0.2, -0.15) is 4.31 Å². The number of rotatable bonds is 7. The molecular weight excluding hydrogens is 444 g/mol. The van der Waals surface area contributed by atoms with Crippen LogP contribution in [0.3, 0.4) is 0 Å². The molecule has 0 aliphatic carbocycles. The number of aromatic nitrogens is 1. The van der Waals surface area contributed by atoms with Crippen LogP contribution >= 0.6 is 11.6 Å². The van der Waals surface area contributed by atoms with E-state index in [1.165, 1.54) is 31.2 Å². The van der Waals surface area contributed by atoms with Gasteiger partial charge in [-0.05, 0) is 63.4 Å². The van der Waals surface area contributed by atoms with Crippen molar-refractivity contribution >= 4 is 39.2 Å². The molecule has 1 fully saturated rings. The lowest BCUT2D eigenvalue weighted by Gasteiger charge is -2.22. The van der Waals surface area contributed by atoms with E-state index >= 15 is 0 Å². The third-order valence-electron chi connectivity index (χ3n) is 5.31. The number of esters is 1. The maximum absolute atomic E-state index is 12.9. The molecule has 2 heterocycles. The Bertz CT molecular complexity index is 1140.